The summed E-state index contributed by atoms with van der Waals surface area (Å²) in [6, 6.07) is 23.9. The van der Waals surface area contributed by atoms with Crippen LogP contribution in [0.25, 0.3) is 10.9 Å². The van der Waals surface area contributed by atoms with Gasteiger partial charge in [0.2, 0.25) is 5.82 Å². The Morgan fingerprint density at radius 2 is 1.95 bits per heavy atom. The van der Waals surface area contributed by atoms with Gasteiger partial charge in [0.05, 0.1) is 24.4 Å². The molecule has 3 aromatic carbocycles. The number of carbonyl (C=O) groups is 2. The number of hydrogen-bond acceptors (Lipinski definition) is 7. The maximum absolute atomic E-state index is 13.3. The Hall–Kier alpha value is -5.69. The lowest BCUT2D eigenvalue weighted by Gasteiger charge is -2.20. The molecule has 2 amide bonds. The van der Waals surface area contributed by atoms with E-state index in [4.69, 9.17) is 9.47 Å². The van der Waals surface area contributed by atoms with Gasteiger partial charge in [0.25, 0.3) is 11.8 Å². The summed E-state index contributed by atoms with van der Waals surface area (Å²) in [5.41, 5.74) is 3.21. The van der Waals surface area contributed by atoms with Gasteiger partial charge in [0.1, 0.15) is 30.5 Å². The molecule has 1 aliphatic rings. The fourth-order valence-corrected chi connectivity index (χ4v) is 4.67. The third kappa shape index (κ3) is 6.47. The van der Waals surface area contributed by atoms with E-state index in [-0.39, 0.29) is 18.3 Å². The molecule has 1 atom stereocenters. The molecule has 5 aromatic rings. The smallest absolute Gasteiger partial charge is 0.291 e. The van der Waals surface area contributed by atoms with Gasteiger partial charge in [-0.25, -0.2) is 9.67 Å². The molecule has 3 heterocycles. The van der Waals surface area contributed by atoms with Crippen molar-refractivity contribution < 1.29 is 19.1 Å². The van der Waals surface area contributed by atoms with Crippen LogP contribution in [-0.4, -0.2) is 57.9 Å². The van der Waals surface area contributed by atoms with Crippen LogP contribution in [0, 0.1) is 11.8 Å². The van der Waals surface area contributed by atoms with E-state index in [2.05, 4.69) is 32.2 Å². The van der Waals surface area contributed by atoms with E-state index in [1.54, 1.807) is 30.1 Å². The molecule has 43 heavy (non-hydrogen) atoms. The SMILES string of the molecule is CN1C(=O)[C@H](NC(=O)c2ncn(Cc3ccccc3)n2)COc2ccc(C#CCCOc3ccc4cccnc4c3)cc21. The first kappa shape index (κ1) is 27.5. The third-order valence-corrected chi connectivity index (χ3v) is 6.89. The molecule has 0 aliphatic carbocycles. The van der Waals surface area contributed by atoms with Crippen LogP contribution in [0.15, 0.2) is 91.4 Å². The summed E-state index contributed by atoms with van der Waals surface area (Å²) in [4.78, 5) is 36.1. The van der Waals surface area contributed by atoms with E-state index in [0.29, 0.717) is 31.0 Å². The second-order valence-electron chi connectivity index (χ2n) is 9.93. The van der Waals surface area contributed by atoms with Crippen molar-refractivity contribution in [3.05, 3.63) is 108 Å². The van der Waals surface area contributed by atoms with Gasteiger partial charge in [-0.05, 0) is 42.0 Å². The number of pyridine rings is 1. The molecule has 6 rings (SSSR count). The number of aromatic nitrogens is 4. The van der Waals surface area contributed by atoms with Crippen LogP contribution >= 0.6 is 0 Å². The van der Waals surface area contributed by atoms with Crippen LogP contribution in [-0.2, 0) is 11.3 Å². The minimum atomic E-state index is -0.914. The molecule has 0 unspecified atom stereocenters. The summed E-state index contributed by atoms with van der Waals surface area (Å²) in [5, 5.41) is 8.03. The van der Waals surface area contributed by atoms with E-state index in [1.807, 2.05) is 66.7 Å². The number of rotatable bonds is 7. The van der Waals surface area contributed by atoms with Crippen molar-refractivity contribution in [2.45, 2.75) is 19.0 Å². The van der Waals surface area contributed by atoms with Gasteiger partial charge in [0.15, 0.2) is 0 Å². The zero-order valence-corrected chi connectivity index (χ0v) is 23.4. The number of amides is 2. The number of nitrogens with zero attached hydrogens (tertiary/aromatic N) is 5. The highest BCUT2D eigenvalue weighted by Gasteiger charge is 2.31. The van der Waals surface area contributed by atoms with Crippen molar-refractivity contribution >= 4 is 28.4 Å². The summed E-state index contributed by atoms with van der Waals surface area (Å²) in [6.45, 7) is 0.878. The Kier molecular flexibility index (Phi) is 7.95. The molecular weight excluding hydrogens is 544 g/mol. The molecule has 0 saturated heterocycles. The van der Waals surface area contributed by atoms with Gasteiger partial charge in [-0.2, -0.15) is 0 Å². The maximum Gasteiger partial charge on any atom is 0.291 e. The van der Waals surface area contributed by atoms with Crippen LogP contribution in [0.5, 0.6) is 11.5 Å². The second kappa shape index (κ2) is 12.4. The van der Waals surface area contributed by atoms with Gasteiger partial charge >= 0.3 is 0 Å². The molecular formula is C33H28N6O4. The average Bonchev–Trinajstić information content (AvgIpc) is 3.47. The number of benzene rings is 3. The van der Waals surface area contributed by atoms with Crippen molar-refractivity contribution in [1.29, 1.82) is 0 Å². The van der Waals surface area contributed by atoms with E-state index in [1.165, 1.54) is 11.2 Å². The maximum atomic E-state index is 13.3. The number of hydrogen-bond donors (Lipinski definition) is 1. The largest absolute Gasteiger partial charge is 0.493 e. The molecule has 1 N–H and O–H groups in total. The molecule has 214 valence electrons. The standard InChI is InChI=1S/C33H28N6O4/c1-38-29-18-23(8-5-6-17-42-26-14-13-25-11-7-16-34-27(25)19-26)12-15-30(29)43-21-28(33(38)41)36-32(40)31-35-22-39(37-31)20-24-9-3-2-4-10-24/h2-4,7,9-16,18-19,22,28H,6,17,20-21H2,1H3,(H,36,40)/t28-/m1/s1. The lowest BCUT2D eigenvalue weighted by Crippen LogP contribution is -2.49. The van der Waals surface area contributed by atoms with Crippen LogP contribution < -0.4 is 19.7 Å². The molecule has 0 fully saturated rings. The topological polar surface area (TPSA) is 111 Å². The number of ether oxygens (including phenoxy) is 2. The Balaban J connectivity index is 1.05. The summed E-state index contributed by atoms with van der Waals surface area (Å²) in [7, 11) is 1.64. The van der Waals surface area contributed by atoms with E-state index in [0.717, 1.165) is 27.8 Å². The minimum Gasteiger partial charge on any atom is -0.493 e. The molecule has 0 bridgehead atoms. The monoisotopic (exact) mass is 572 g/mol. The Bertz CT molecular complexity index is 1840. The first-order chi connectivity index (χ1) is 21.0. The third-order valence-electron chi connectivity index (χ3n) is 6.89. The highest BCUT2D eigenvalue weighted by Crippen LogP contribution is 2.31. The predicted molar refractivity (Wildman–Crippen MR) is 161 cm³/mol. The second-order valence-corrected chi connectivity index (χ2v) is 9.93. The van der Waals surface area contributed by atoms with Crippen LogP contribution in [0.3, 0.4) is 0 Å². The summed E-state index contributed by atoms with van der Waals surface area (Å²) in [6.07, 6.45) is 3.77. The van der Waals surface area contributed by atoms with Gasteiger partial charge in [0, 0.05) is 36.7 Å². The van der Waals surface area contributed by atoms with E-state index in [9.17, 15) is 9.59 Å². The fraction of sp³-hybridized carbons (Fsp3) is 0.182. The van der Waals surface area contributed by atoms with E-state index < -0.39 is 11.9 Å². The van der Waals surface area contributed by atoms with Crippen LogP contribution in [0.4, 0.5) is 5.69 Å². The minimum absolute atomic E-state index is 0.0213. The van der Waals surface area contributed by atoms with E-state index >= 15 is 0 Å². The lowest BCUT2D eigenvalue weighted by atomic mass is 10.1. The number of anilines is 1. The zero-order chi connectivity index (χ0) is 29.6. The Morgan fingerprint density at radius 1 is 1.07 bits per heavy atom. The van der Waals surface area contributed by atoms with Gasteiger partial charge in [-0.3, -0.25) is 14.6 Å². The van der Waals surface area contributed by atoms with Crippen molar-refractivity contribution in [3.63, 3.8) is 0 Å². The number of nitrogens with one attached hydrogen (secondary N) is 1. The van der Waals surface area contributed by atoms with Gasteiger partial charge in [-0.1, -0.05) is 48.2 Å². The summed E-state index contributed by atoms with van der Waals surface area (Å²) >= 11 is 0. The Morgan fingerprint density at radius 3 is 2.84 bits per heavy atom. The van der Waals surface area contributed by atoms with Crippen molar-refractivity contribution in [1.82, 2.24) is 25.1 Å². The molecule has 0 spiro atoms. The first-order valence-electron chi connectivity index (χ1n) is 13.8. The van der Waals surface area contributed by atoms with Crippen molar-refractivity contribution in [2.24, 2.45) is 0 Å². The molecule has 2 aromatic heterocycles. The molecule has 1 aliphatic heterocycles. The van der Waals surface area contributed by atoms with Crippen molar-refractivity contribution in [2.75, 3.05) is 25.2 Å². The van der Waals surface area contributed by atoms with Gasteiger partial charge < -0.3 is 19.7 Å². The molecule has 10 nitrogen and oxygen atoms in total. The molecule has 0 radical (unpaired) electrons. The highest BCUT2D eigenvalue weighted by molar-refractivity contribution is 6.02. The zero-order valence-electron chi connectivity index (χ0n) is 23.4. The predicted octanol–water partition coefficient (Wildman–Crippen LogP) is 3.85. The fourth-order valence-electron chi connectivity index (χ4n) is 4.67. The number of likely N-dealkylation sites (N-methyl/N-ethyl adjacent to an activating group) is 1. The number of carbonyl (C=O) groups excluding carboxylic acids is 2. The molecule has 0 saturated carbocycles. The normalized spacial score (nSPS) is 14.2. The number of fused-ring (bicyclic) bond motifs is 2. The lowest BCUT2D eigenvalue weighted by molar-refractivity contribution is -0.120. The quantitative estimate of drug-likeness (QED) is 0.233. The van der Waals surface area contributed by atoms with Crippen LogP contribution in [0.1, 0.15) is 28.2 Å². The van der Waals surface area contributed by atoms with Crippen LogP contribution in [0.2, 0.25) is 0 Å². The average molecular weight is 573 g/mol. The van der Waals surface area contributed by atoms with Gasteiger partial charge in [-0.15, -0.1) is 5.10 Å². The summed E-state index contributed by atoms with van der Waals surface area (Å²) in [5.74, 6) is 6.62. The molecule has 10 heteroatoms. The van der Waals surface area contributed by atoms with Crippen molar-refractivity contribution in [3.8, 4) is 23.3 Å². The Labute approximate surface area is 248 Å². The highest BCUT2D eigenvalue weighted by atomic mass is 16.5. The first-order valence-corrected chi connectivity index (χ1v) is 13.8. The summed E-state index contributed by atoms with van der Waals surface area (Å²) < 4.78 is 13.3.